The summed E-state index contributed by atoms with van der Waals surface area (Å²) in [5.74, 6) is 0. The standard InChI is InChI=1S/C11H22N2/c1-2-7-13-8-5-11(6-9-13)12-10-3-4-10/h10-12H,2-9H2,1H3/p+2. The molecule has 2 heteroatoms. The summed E-state index contributed by atoms with van der Waals surface area (Å²) in [5, 5.41) is 2.66. The molecule has 2 aliphatic rings. The Morgan fingerprint density at radius 1 is 1.08 bits per heavy atom. The largest absolute Gasteiger partial charge is 0.341 e. The van der Waals surface area contributed by atoms with Gasteiger partial charge in [0.2, 0.25) is 0 Å². The molecule has 0 bridgehead atoms. The lowest BCUT2D eigenvalue weighted by Crippen LogP contribution is -3.14. The Labute approximate surface area is 81.7 Å². The van der Waals surface area contributed by atoms with E-state index < -0.39 is 0 Å². The molecule has 2 rings (SSSR count). The Morgan fingerprint density at radius 2 is 1.69 bits per heavy atom. The molecule has 0 atom stereocenters. The lowest BCUT2D eigenvalue weighted by molar-refractivity contribution is -0.913. The second-order valence-corrected chi connectivity index (χ2v) is 4.87. The van der Waals surface area contributed by atoms with Crippen molar-refractivity contribution in [3.63, 3.8) is 0 Å². The van der Waals surface area contributed by atoms with Crippen LogP contribution in [-0.2, 0) is 0 Å². The highest BCUT2D eigenvalue weighted by Gasteiger charge is 2.31. The number of likely N-dealkylation sites (tertiary alicyclic amines) is 1. The van der Waals surface area contributed by atoms with Gasteiger partial charge in [-0.3, -0.25) is 0 Å². The summed E-state index contributed by atoms with van der Waals surface area (Å²) in [6, 6.07) is 2.01. The van der Waals surface area contributed by atoms with E-state index in [1.807, 2.05) is 4.90 Å². The van der Waals surface area contributed by atoms with Crippen molar-refractivity contribution < 1.29 is 10.2 Å². The summed E-state index contributed by atoms with van der Waals surface area (Å²) in [6.07, 6.45) is 7.26. The van der Waals surface area contributed by atoms with Crippen molar-refractivity contribution in [2.24, 2.45) is 0 Å². The van der Waals surface area contributed by atoms with Crippen molar-refractivity contribution in [2.45, 2.75) is 51.1 Å². The first-order valence-corrected chi connectivity index (χ1v) is 6.07. The quantitative estimate of drug-likeness (QED) is 0.569. The highest BCUT2D eigenvalue weighted by molar-refractivity contribution is 4.71. The van der Waals surface area contributed by atoms with Gasteiger partial charge in [-0.1, -0.05) is 6.92 Å². The molecule has 0 aromatic rings. The van der Waals surface area contributed by atoms with Crippen LogP contribution in [0.15, 0.2) is 0 Å². The topological polar surface area (TPSA) is 21.1 Å². The van der Waals surface area contributed by atoms with Crippen LogP contribution >= 0.6 is 0 Å². The Bertz CT molecular complexity index is 146. The zero-order valence-electron chi connectivity index (χ0n) is 8.89. The number of quaternary nitrogens is 2. The van der Waals surface area contributed by atoms with Gasteiger partial charge in [-0.15, -0.1) is 0 Å². The van der Waals surface area contributed by atoms with Gasteiger partial charge in [0.1, 0.15) is 0 Å². The van der Waals surface area contributed by atoms with Crippen molar-refractivity contribution in [3.05, 3.63) is 0 Å². The van der Waals surface area contributed by atoms with Crippen LogP contribution in [-0.4, -0.2) is 31.7 Å². The molecule has 0 aromatic heterocycles. The molecule has 1 aliphatic carbocycles. The van der Waals surface area contributed by atoms with Gasteiger partial charge in [0.05, 0.1) is 31.7 Å². The molecular formula is C11H24N2+2. The molecule has 1 saturated heterocycles. The molecule has 0 aromatic carbocycles. The second-order valence-electron chi connectivity index (χ2n) is 4.87. The summed E-state index contributed by atoms with van der Waals surface area (Å²) in [5.41, 5.74) is 0. The lowest BCUT2D eigenvalue weighted by Gasteiger charge is -2.27. The van der Waals surface area contributed by atoms with Gasteiger partial charge in [-0.2, -0.15) is 0 Å². The minimum absolute atomic E-state index is 0.980. The van der Waals surface area contributed by atoms with Gasteiger partial charge in [-0.05, 0) is 6.42 Å². The average molecular weight is 184 g/mol. The Kier molecular flexibility index (Phi) is 3.23. The van der Waals surface area contributed by atoms with Crippen molar-refractivity contribution >= 4 is 0 Å². The van der Waals surface area contributed by atoms with E-state index >= 15 is 0 Å². The van der Waals surface area contributed by atoms with Crippen LogP contribution in [0, 0.1) is 0 Å². The Hall–Kier alpha value is -0.0800. The van der Waals surface area contributed by atoms with Crippen LogP contribution in [0.5, 0.6) is 0 Å². The maximum Gasteiger partial charge on any atom is 0.0969 e. The first-order chi connectivity index (χ1) is 6.38. The van der Waals surface area contributed by atoms with Crippen LogP contribution in [0.25, 0.3) is 0 Å². The van der Waals surface area contributed by atoms with E-state index in [0.29, 0.717) is 0 Å². The van der Waals surface area contributed by atoms with Crippen LogP contribution in [0.3, 0.4) is 0 Å². The highest BCUT2D eigenvalue weighted by atomic mass is 15.1. The smallest absolute Gasteiger partial charge is 0.0969 e. The van der Waals surface area contributed by atoms with Crippen molar-refractivity contribution in [2.75, 3.05) is 19.6 Å². The minimum atomic E-state index is 0.980. The summed E-state index contributed by atoms with van der Waals surface area (Å²) < 4.78 is 0. The van der Waals surface area contributed by atoms with Crippen molar-refractivity contribution in [1.82, 2.24) is 0 Å². The monoisotopic (exact) mass is 184 g/mol. The molecule has 0 radical (unpaired) electrons. The number of rotatable bonds is 4. The predicted molar refractivity (Wildman–Crippen MR) is 53.8 cm³/mol. The van der Waals surface area contributed by atoms with Crippen LogP contribution in [0.4, 0.5) is 0 Å². The minimum Gasteiger partial charge on any atom is -0.341 e. The van der Waals surface area contributed by atoms with E-state index in [2.05, 4.69) is 12.2 Å². The van der Waals surface area contributed by atoms with E-state index in [-0.39, 0.29) is 0 Å². The molecule has 1 aliphatic heterocycles. The van der Waals surface area contributed by atoms with E-state index in [9.17, 15) is 0 Å². The molecule has 2 fully saturated rings. The van der Waals surface area contributed by atoms with Crippen molar-refractivity contribution in [3.8, 4) is 0 Å². The molecule has 1 heterocycles. The second kappa shape index (κ2) is 4.43. The first-order valence-electron chi connectivity index (χ1n) is 6.07. The number of hydrogen-bond acceptors (Lipinski definition) is 0. The Balaban J connectivity index is 1.63. The van der Waals surface area contributed by atoms with E-state index in [1.165, 1.54) is 51.7 Å². The number of nitrogens with one attached hydrogen (secondary N) is 1. The third-order valence-electron chi connectivity index (χ3n) is 3.51. The summed E-state index contributed by atoms with van der Waals surface area (Å²) in [4.78, 5) is 1.85. The maximum atomic E-state index is 2.66. The molecule has 0 spiro atoms. The molecular weight excluding hydrogens is 160 g/mol. The highest BCUT2D eigenvalue weighted by Crippen LogP contribution is 2.14. The molecule has 2 nitrogen and oxygen atoms in total. The van der Waals surface area contributed by atoms with Crippen LogP contribution < -0.4 is 10.2 Å². The molecule has 3 N–H and O–H groups in total. The van der Waals surface area contributed by atoms with Crippen molar-refractivity contribution in [1.29, 1.82) is 0 Å². The fourth-order valence-electron chi connectivity index (χ4n) is 2.52. The van der Waals surface area contributed by atoms with Gasteiger partial charge >= 0.3 is 0 Å². The van der Waals surface area contributed by atoms with Gasteiger partial charge in [0, 0.05) is 25.7 Å². The van der Waals surface area contributed by atoms with Gasteiger partial charge in [0.25, 0.3) is 0 Å². The average Bonchev–Trinajstić information content (AvgIpc) is 2.93. The molecule has 13 heavy (non-hydrogen) atoms. The Morgan fingerprint density at radius 3 is 2.23 bits per heavy atom. The number of nitrogens with two attached hydrogens (primary N) is 1. The van der Waals surface area contributed by atoms with Gasteiger partial charge in [0.15, 0.2) is 0 Å². The van der Waals surface area contributed by atoms with E-state index in [0.717, 1.165) is 12.1 Å². The normalized spacial score (nSPS) is 34.8. The summed E-state index contributed by atoms with van der Waals surface area (Å²) in [7, 11) is 0. The van der Waals surface area contributed by atoms with Gasteiger partial charge in [-0.25, -0.2) is 0 Å². The third-order valence-corrected chi connectivity index (χ3v) is 3.51. The SMILES string of the molecule is CCC[NH+]1CCC([NH2+]C2CC2)CC1. The fourth-order valence-corrected chi connectivity index (χ4v) is 2.52. The third kappa shape index (κ3) is 2.96. The molecule has 76 valence electrons. The summed E-state index contributed by atoms with van der Waals surface area (Å²) in [6.45, 7) is 6.56. The zero-order valence-corrected chi connectivity index (χ0v) is 8.89. The number of piperidine rings is 1. The zero-order chi connectivity index (χ0) is 9.10. The van der Waals surface area contributed by atoms with Gasteiger partial charge < -0.3 is 10.2 Å². The molecule has 0 amide bonds. The molecule has 0 unspecified atom stereocenters. The lowest BCUT2D eigenvalue weighted by atomic mass is 10.0. The molecule has 1 saturated carbocycles. The van der Waals surface area contributed by atoms with E-state index in [1.54, 1.807) is 0 Å². The maximum absolute atomic E-state index is 2.66. The number of hydrogen-bond donors (Lipinski definition) is 2. The first kappa shape index (κ1) is 9.47. The fraction of sp³-hybridized carbons (Fsp3) is 1.00. The summed E-state index contributed by atoms with van der Waals surface area (Å²) >= 11 is 0. The predicted octanol–water partition coefficient (Wildman–Crippen LogP) is -0.830. The van der Waals surface area contributed by atoms with E-state index in [4.69, 9.17) is 0 Å². The van der Waals surface area contributed by atoms with Crippen LogP contribution in [0.1, 0.15) is 39.0 Å². The van der Waals surface area contributed by atoms with Crippen LogP contribution in [0.2, 0.25) is 0 Å².